The molecule has 1 aliphatic heterocycles. The van der Waals surface area contributed by atoms with Crippen molar-refractivity contribution in [2.45, 2.75) is 13.1 Å². The maximum atomic E-state index is 13.6. The van der Waals surface area contributed by atoms with Crippen LogP contribution >= 0.6 is 15.9 Å². The van der Waals surface area contributed by atoms with Crippen molar-refractivity contribution in [3.8, 4) is 5.69 Å². The third-order valence-electron chi connectivity index (χ3n) is 5.91. The molecule has 2 amide bonds. The smallest absolute Gasteiger partial charge is 0.261 e. The van der Waals surface area contributed by atoms with Crippen molar-refractivity contribution in [1.82, 2.24) is 24.6 Å². The van der Waals surface area contributed by atoms with Crippen molar-refractivity contribution in [2.24, 2.45) is 0 Å². The van der Waals surface area contributed by atoms with E-state index >= 15 is 0 Å². The molecule has 1 aromatic heterocycles. The van der Waals surface area contributed by atoms with Gasteiger partial charge < -0.3 is 4.90 Å². The minimum Gasteiger partial charge on any atom is -0.302 e. The molecule has 1 aliphatic rings. The molecule has 9 heteroatoms. The number of nitrogens with zero attached hydrogens (tertiary/aromatic N) is 5. The Morgan fingerprint density at radius 2 is 1.47 bits per heavy atom. The van der Waals surface area contributed by atoms with E-state index in [1.165, 1.54) is 4.90 Å². The lowest BCUT2D eigenvalue weighted by molar-refractivity contribution is 0.0637. The highest BCUT2D eigenvalue weighted by Gasteiger charge is 2.36. The Morgan fingerprint density at radius 1 is 0.861 bits per heavy atom. The monoisotopic (exact) mass is 543 g/mol. The third-order valence-corrected chi connectivity index (χ3v) is 6.41. The van der Waals surface area contributed by atoms with Gasteiger partial charge in [0, 0.05) is 15.6 Å². The van der Waals surface area contributed by atoms with Crippen molar-refractivity contribution in [3.63, 3.8) is 0 Å². The van der Waals surface area contributed by atoms with Crippen LogP contribution < -0.4 is 0 Å². The normalized spacial score (nSPS) is 12.9. The van der Waals surface area contributed by atoms with Gasteiger partial charge in [0.15, 0.2) is 17.4 Å². The zero-order valence-electron chi connectivity index (χ0n) is 19.7. The van der Waals surface area contributed by atoms with Crippen molar-refractivity contribution >= 4 is 33.5 Å². The lowest BCUT2D eigenvalue weighted by Gasteiger charge is -2.19. The number of carbonyl (C=O) groups is 3. The highest BCUT2D eigenvalue weighted by Crippen LogP contribution is 2.28. The van der Waals surface area contributed by atoms with Crippen molar-refractivity contribution in [3.05, 3.63) is 111 Å². The number of hydrogen-bond acceptors (Lipinski definition) is 6. The molecule has 5 rings (SSSR count). The van der Waals surface area contributed by atoms with Gasteiger partial charge in [-0.15, -0.1) is 10.2 Å². The first kappa shape index (κ1) is 23.8. The van der Waals surface area contributed by atoms with Crippen LogP contribution in [0.4, 0.5) is 0 Å². The van der Waals surface area contributed by atoms with Crippen LogP contribution in [0.25, 0.3) is 5.69 Å². The maximum Gasteiger partial charge on any atom is 0.261 e. The van der Waals surface area contributed by atoms with Crippen LogP contribution in [0, 0.1) is 0 Å². The van der Waals surface area contributed by atoms with Gasteiger partial charge in [0.2, 0.25) is 0 Å². The van der Waals surface area contributed by atoms with E-state index in [4.69, 9.17) is 0 Å². The molecule has 180 valence electrons. The molecule has 0 bridgehead atoms. The molecule has 0 saturated heterocycles. The molecule has 36 heavy (non-hydrogen) atoms. The van der Waals surface area contributed by atoms with Crippen LogP contribution in [-0.4, -0.2) is 56.3 Å². The van der Waals surface area contributed by atoms with Crippen molar-refractivity contribution in [1.29, 1.82) is 0 Å². The number of carbonyl (C=O) groups excluding carboxylic acids is 3. The minimum atomic E-state index is -0.379. The minimum absolute atomic E-state index is 0.0815. The largest absolute Gasteiger partial charge is 0.302 e. The average Bonchev–Trinajstić information content (AvgIpc) is 3.37. The van der Waals surface area contributed by atoms with Crippen LogP contribution in [0.5, 0.6) is 0 Å². The average molecular weight is 544 g/mol. The number of hydrogen-bond donors (Lipinski definition) is 0. The Morgan fingerprint density at radius 3 is 2.11 bits per heavy atom. The Hall–Kier alpha value is -3.95. The van der Waals surface area contributed by atoms with E-state index in [0.29, 0.717) is 46.1 Å². The van der Waals surface area contributed by atoms with E-state index in [0.717, 1.165) is 4.47 Å². The maximum absolute atomic E-state index is 13.6. The molecule has 0 spiro atoms. The summed E-state index contributed by atoms with van der Waals surface area (Å²) in [6.45, 7) is 0.353. The summed E-state index contributed by atoms with van der Waals surface area (Å²) in [6.07, 6.45) is 0. The summed E-state index contributed by atoms with van der Waals surface area (Å²) in [6, 6.07) is 21.2. The molecule has 3 aromatic carbocycles. The first-order valence-corrected chi connectivity index (χ1v) is 12.1. The number of ketones is 1. The first-order chi connectivity index (χ1) is 17.3. The summed E-state index contributed by atoms with van der Waals surface area (Å²) in [5, 5.41) is 8.72. The van der Waals surface area contributed by atoms with Gasteiger partial charge in [-0.1, -0.05) is 58.4 Å². The van der Waals surface area contributed by atoms with Gasteiger partial charge in [-0.05, 0) is 44.4 Å². The Kier molecular flexibility index (Phi) is 6.34. The van der Waals surface area contributed by atoms with Gasteiger partial charge in [0.25, 0.3) is 11.8 Å². The Balaban J connectivity index is 1.62. The lowest BCUT2D eigenvalue weighted by atomic mass is 10.0. The van der Waals surface area contributed by atoms with E-state index in [1.54, 1.807) is 47.0 Å². The summed E-state index contributed by atoms with van der Waals surface area (Å²) in [7, 11) is 3.81. The van der Waals surface area contributed by atoms with Gasteiger partial charge in [0.1, 0.15) is 0 Å². The predicted molar refractivity (Wildman–Crippen MR) is 137 cm³/mol. The molecule has 8 nitrogen and oxygen atoms in total. The SMILES string of the molecule is CN(C)Cc1nnc(CN2C(=O)c3ccccc3C2=O)n1-c1ccc(Br)cc1C(=O)c1ccccc1. The summed E-state index contributed by atoms with van der Waals surface area (Å²) in [4.78, 5) is 42.7. The van der Waals surface area contributed by atoms with Gasteiger partial charge >= 0.3 is 0 Å². The van der Waals surface area contributed by atoms with Gasteiger partial charge in [-0.3, -0.25) is 23.9 Å². The van der Waals surface area contributed by atoms with Crippen LogP contribution in [0.2, 0.25) is 0 Å². The Bertz CT molecular complexity index is 1460. The summed E-state index contributed by atoms with van der Waals surface area (Å²) < 4.78 is 2.52. The molecule has 0 aliphatic carbocycles. The van der Waals surface area contributed by atoms with Gasteiger partial charge in [-0.2, -0.15) is 0 Å². The number of fused-ring (bicyclic) bond motifs is 1. The number of amides is 2. The van der Waals surface area contributed by atoms with Crippen LogP contribution in [0.15, 0.2) is 77.3 Å². The highest BCUT2D eigenvalue weighted by atomic mass is 79.9. The number of imide groups is 1. The van der Waals surface area contributed by atoms with Gasteiger partial charge in [-0.25, -0.2) is 0 Å². The fraction of sp³-hybridized carbons (Fsp3) is 0.148. The van der Waals surface area contributed by atoms with Crippen LogP contribution in [-0.2, 0) is 13.1 Å². The summed E-state index contributed by atoms with van der Waals surface area (Å²) in [5.41, 5.74) is 2.29. The van der Waals surface area contributed by atoms with Gasteiger partial charge in [0.05, 0.1) is 29.9 Å². The van der Waals surface area contributed by atoms with Crippen molar-refractivity contribution in [2.75, 3.05) is 14.1 Å². The quantitative estimate of drug-likeness (QED) is 0.257. The number of rotatable bonds is 7. The second kappa shape index (κ2) is 9.60. The number of halogens is 1. The summed E-state index contributed by atoms with van der Waals surface area (Å²) in [5.74, 6) is 0.0383. The van der Waals surface area contributed by atoms with Crippen LogP contribution in [0.3, 0.4) is 0 Å². The van der Waals surface area contributed by atoms with E-state index < -0.39 is 0 Å². The van der Waals surface area contributed by atoms with E-state index in [9.17, 15) is 14.4 Å². The zero-order chi connectivity index (χ0) is 25.4. The van der Waals surface area contributed by atoms with Crippen molar-refractivity contribution < 1.29 is 14.4 Å². The fourth-order valence-corrected chi connectivity index (χ4v) is 4.63. The number of aromatic nitrogens is 3. The zero-order valence-corrected chi connectivity index (χ0v) is 21.3. The summed E-state index contributed by atoms with van der Waals surface area (Å²) >= 11 is 3.48. The van der Waals surface area contributed by atoms with E-state index in [1.807, 2.05) is 49.3 Å². The topological polar surface area (TPSA) is 88.4 Å². The molecular weight excluding hydrogens is 522 g/mol. The predicted octanol–water partition coefficient (Wildman–Crippen LogP) is 4.12. The molecule has 0 unspecified atom stereocenters. The van der Waals surface area contributed by atoms with E-state index in [2.05, 4.69) is 26.1 Å². The molecule has 0 radical (unpaired) electrons. The molecule has 0 atom stereocenters. The third kappa shape index (κ3) is 4.27. The number of benzene rings is 3. The second-order valence-electron chi connectivity index (χ2n) is 8.70. The molecule has 4 aromatic rings. The Labute approximate surface area is 216 Å². The molecule has 0 N–H and O–H groups in total. The van der Waals surface area contributed by atoms with Crippen LogP contribution in [0.1, 0.15) is 48.3 Å². The molecule has 2 heterocycles. The second-order valence-corrected chi connectivity index (χ2v) is 9.62. The first-order valence-electron chi connectivity index (χ1n) is 11.3. The molecule has 0 fully saturated rings. The van der Waals surface area contributed by atoms with E-state index in [-0.39, 0.29) is 24.1 Å². The molecular formula is C27H22BrN5O3. The highest BCUT2D eigenvalue weighted by molar-refractivity contribution is 9.10. The lowest BCUT2D eigenvalue weighted by Crippen LogP contribution is -2.31. The molecule has 0 saturated carbocycles. The fourth-order valence-electron chi connectivity index (χ4n) is 4.27. The standard InChI is InChI=1S/C27H22BrN5O3/c1-31(2)15-23-29-30-24(16-32-26(35)19-10-6-7-11-20(19)27(32)36)33(23)22-13-12-18(28)14-21(22)25(34)17-8-4-3-5-9-17/h3-14H,15-16H2,1-2H3.